The Morgan fingerprint density at radius 2 is 0.698 bits per heavy atom. The first-order valence-corrected chi connectivity index (χ1v) is 45.9. The Morgan fingerprint density at radius 1 is 0.322 bits per heavy atom. The van der Waals surface area contributed by atoms with Gasteiger partial charge >= 0.3 is 18.5 Å². The van der Waals surface area contributed by atoms with Crippen molar-refractivity contribution in [3.63, 3.8) is 0 Å². The second-order valence-electron chi connectivity index (χ2n) is 34.5. The number of aromatic nitrogens is 11. The van der Waals surface area contributed by atoms with Gasteiger partial charge in [0.25, 0.3) is 23.6 Å². The van der Waals surface area contributed by atoms with Gasteiger partial charge in [-0.15, -0.1) is 0 Å². The van der Waals surface area contributed by atoms with E-state index in [9.17, 15) is 80.6 Å². The molecule has 0 fully saturated rings. The van der Waals surface area contributed by atoms with Crippen molar-refractivity contribution in [1.29, 1.82) is 0 Å². The van der Waals surface area contributed by atoms with Crippen molar-refractivity contribution in [2.45, 2.75) is 66.7 Å². The van der Waals surface area contributed by atoms with Crippen molar-refractivity contribution >= 4 is 69.0 Å². The van der Waals surface area contributed by atoms with Crippen molar-refractivity contribution in [3.8, 4) is 89.7 Å². The molecule has 149 heavy (non-hydrogen) atoms. The summed E-state index contributed by atoms with van der Waals surface area (Å²) in [6.07, 6.45) is 0.985. The Morgan fingerprint density at radius 3 is 1.15 bits per heavy atom. The zero-order chi connectivity index (χ0) is 105. The number of nitrogens with zero attached hydrogens (tertiary/aromatic N) is 11. The summed E-state index contributed by atoms with van der Waals surface area (Å²) < 4.78 is 213. The number of alkyl halides is 9. The normalized spacial score (nSPS) is 11.5. The number of amides is 4. The number of carbonyl (C=O) groups excluding carboxylic acids is 4. The zero-order valence-electron chi connectivity index (χ0n) is 80.0. The fourth-order valence-electron chi connectivity index (χ4n) is 16.6. The van der Waals surface area contributed by atoms with Gasteiger partial charge in [0.2, 0.25) is 0 Å². The summed E-state index contributed by atoms with van der Waals surface area (Å²) in [6.45, 7) is 11.7. The molecule has 0 bridgehead atoms. The Labute approximate surface area is 841 Å². The van der Waals surface area contributed by atoms with Crippen molar-refractivity contribution in [2.75, 3.05) is 41.6 Å². The molecule has 0 saturated carbocycles. The molecule has 0 atom stereocenters. The van der Waals surface area contributed by atoms with Crippen LogP contribution in [-0.4, -0.2) is 96.4 Å². The first kappa shape index (κ1) is 102. The third kappa shape index (κ3) is 22.9. The van der Waals surface area contributed by atoms with Crippen molar-refractivity contribution in [2.24, 2.45) is 0 Å². The van der Waals surface area contributed by atoms with Crippen LogP contribution in [0.25, 0.3) is 112 Å². The van der Waals surface area contributed by atoms with Gasteiger partial charge in [-0.3, -0.25) is 51.7 Å². The van der Waals surface area contributed by atoms with Gasteiger partial charge in [0, 0.05) is 123 Å². The molecule has 9 aromatic carbocycles. The van der Waals surface area contributed by atoms with Crippen molar-refractivity contribution in [1.82, 2.24) is 52.5 Å². The van der Waals surface area contributed by atoms with E-state index < -0.39 is 98.7 Å². The average molecular weight is 2030 g/mol. The van der Waals surface area contributed by atoms with Gasteiger partial charge in [-0.25, -0.2) is 41.9 Å². The Bertz CT molecular complexity index is 8440. The van der Waals surface area contributed by atoms with Gasteiger partial charge in [0.15, 0.2) is 23.3 Å². The molecule has 35 heteroatoms. The van der Waals surface area contributed by atoms with Gasteiger partial charge < -0.3 is 30.7 Å². The summed E-state index contributed by atoms with van der Waals surface area (Å²) in [5.41, 5.74) is 12.5. The molecule has 750 valence electrons. The number of hydrogen-bond donors (Lipinski definition) is 4. The first-order valence-electron chi connectivity index (χ1n) is 45.9. The molecule has 4 N–H and O–H groups in total. The van der Waals surface area contributed by atoms with Crippen molar-refractivity contribution < 1.29 is 90.1 Å². The SMILES string of the molecule is COCCOCc1nc2c(-c3ccc(C(F)(F)F)c(C(=O)Nc4ccc(F)cc4)c3)cccn2c1-c1cccc(F)c1F.Cc1ccc(NC(=O)c2cc(-c3cccn4c(-c5ccc(C)nc5)cnc34)ccc2C(F)(F)F)cc1.Cc1ccc(NC(=O)c2cc(-c3cccn4c(-c5cccc(C)n5)cnc34)ccc2C(F)(F)F)cc1.Cc1ccc(NC(=O)c2cc(-c3cccn4c(-c5cccc(F)c5F)cnc34)cnc2C)cc1. The number of rotatable bonds is 21. The van der Waals surface area contributed by atoms with E-state index in [1.54, 1.807) is 146 Å². The van der Waals surface area contributed by atoms with Crippen LogP contribution in [0.4, 0.5) is 84.2 Å². The molecule has 0 aliphatic carbocycles. The van der Waals surface area contributed by atoms with Crippen LogP contribution in [0.1, 0.15) is 97.6 Å². The third-order valence-corrected chi connectivity index (χ3v) is 24.1. The minimum atomic E-state index is -4.86. The smallest absolute Gasteiger partial charge is 0.382 e. The number of aryl methyl sites for hydroxylation is 6. The molecule has 0 radical (unpaired) electrons. The molecule has 0 spiro atoms. The van der Waals surface area contributed by atoms with E-state index in [0.717, 1.165) is 99.3 Å². The second kappa shape index (κ2) is 43.5. The van der Waals surface area contributed by atoms with Gasteiger partial charge in [0.1, 0.15) is 28.4 Å². The maximum atomic E-state index is 15.0. The van der Waals surface area contributed by atoms with E-state index in [1.165, 1.54) is 84.4 Å². The quantitative estimate of drug-likeness (QED) is 0.0387. The number of anilines is 4. The lowest BCUT2D eigenvalue weighted by Gasteiger charge is -2.15. The van der Waals surface area contributed by atoms with E-state index in [4.69, 9.17) is 9.47 Å². The number of hydrogen-bond acceptors (Lipinski definition) is 13. The topological polar surface area (TPSA) is 243 Å². The van der Waals surface area contributed by atoms with Crippen LogP contribution in [0.5, 0.6) is 0 Å². The van der Waals surface area contributed by atoms with Crippen LogP contribution < -0.4 is 21.3 Å². The lowest BCUT2D eigenvalue weighted by Crippen LogP contribution is -2.19. The summed E-state index contributed by atoms with van der Waals surface area (Å²) in [5, 5.41) is 10.4. The van der Waals surface area contributed by atoms with E-state index in [0.29, 0.717) is 89.9 Å². The number of benzene rings is 9. The monoisotopic (exact) mass is 2030 g/mol. The number of ether oxygens (including phenoxy) is 2. The van der Waals surface area contributed by atoms with E-state index >= 15 is 0 Å². The molecule has 4 amide bonds. The molecule has 20 rings (SSSR count). The number of methoxy groups -OCH3 is 1. The maximum absolute atomic E-state index is 15.0. The number of pyridine rings is 7. The van der Waals surface area contributed by atoms with Gasteiger partial charge in [-0.2, -0.15) is 39.5 Å². The van der Waals surface area contributed by atoms with Gasteiger partial charge in [0.05, 0.1) is 117 Å². The minimum Gasteiger partial charge on any atom is -0.382 e. The molecule has 0 unspecified atom stereocenters. The first-order chi connectivity index (χ1) is 71.4. The van der Waals surface area contributed by atoms with Crippen molar-refractivity contribution in [3.05, 3.63) is 436 Å². The van der Waals surface area contributed by atoms with Crippen LogP contribution in [0.15, 0.2) is 329 Å². The Hall–Kier alpha value is -18.0. The molecular formula is C114H85F14N15O6. The maximum Gasteiger partial charge on any atom is 0.417 e. The highest BCUT2D eigenvalue weighted by Crippen LogP contribution is 2.43. The molecule has 21 nitrogen and oxygen atoms in total. The highest BCUT2D eigenvalue weighted by molar-refractivity contribution is 6.09. The lowest BCUT2D eigenvalue weighted by atomic mass is 9.98. The number of nitrogens with one attached hydrogen (secondary N) is 4. The molecule has 0 aliphatic heterocycles. The fraction of sp³-hybridized carbons (Fsp3) is 0.114. The predicted molar refractivity (Wildman–Crippen MR) is 540 cm³/mol. The molecule has 11 aromatic heterocycles. The average Bonchev–Trinajstić information content (AvgIpc) is 1.63. The van der Waals surface area contributed by atoms with Gasteiger partial charge in [-0.05, 0) is 258 Å². The van der Waals surface area contributed by atoms with Gasteiger partial charge in [-0.1, -0.05) is 89.5 Å². The number of carbonyl (C=O) groups is 4. The second-order valence-corrected chi connectivity index (χ2v) is 34.5. The molecular weight excluding hydrogens is 1940 g/mol. The van der Waals surface area contributed by atoms with Crippen LogP contribution in [0.3, 0.4) is 0 Å². The third-order valence-electron chi connectivity index (χ3n) is 24.1. The van der Waals surface area contributed by atoms with E-state index in [1.807, 2.05) is 116 Å². The zero-order valence-corrected chi connectivity index (χ0v) is 80.0. The molecule has 20 aromatic rings. The number of halogens is 14. The lowest BCUT2D eigenvalue weighted by molar-refractivity contribution is -0.138. The van der Waals surface area contributed by atoms with E-state index in [2.05, 4.69) is 56.2 Å². The van der Waals surface area contributed by atoms with Crippen LogP contribution >= 0.6 is 0 Å². The summed E-state index contributed by atoms with van der Waals surface area (Å²) in [5.74, 6) is -7.62. The summed E-state index contributed by atoms with van der Waals surface area (Å²) in [4.78, 5) is 83.5. The largest absolute Gasteiger partial charge is 0.417 e. The minimum absolute atomic E-state index is 0.0956. The number of fused-ring (bicyclic) bond motifs is 4. The highest BCUT2D eigenvalue weighted by atomic mass is 19.4. The Kier molecular flexibility index (Phi) is 29.9. The van der Waals surface area contributed by atoms with Crippen LogP contribution in [0.2, 0.25) is 0 Å². The summed E-state index contributed by atoms with van der Waals surface area (Å²) >= 11 is 0. The fourth-order valence-corrected chi connectivity index (χ4v) is 16.6. The van der Waals surface area contributed by atoms with Crippen LogP contribution in [-0.2, 0) is 34.6 Å². The molecule has 0 saturated heterocycles. The standard InChI is InChI=1S/C31H23F6N3O3.2C28H21F3N4O.C27H20F2N4O/c1-42-14-15-43-17-26-28(22-4-2-6-25(33)27(22)34)40-13-3-5-21(29(40)39-26)18-7-12-24(31(35,36)37)23(16-18)30(41)38-20-10-8-19(32)9-11-20;1-17-8-11-20(12-9-17)34-27(36)22-15-19(10-13-23(22)28(29,30)31)21-6-4-14-35-25(16-32-26(21)35)24-7-3-5-18(2)33-24;1-17-5-10-21(11-6-17)34-27(36)23-14-19(9-12-24(23)28(29,30)31)22-4-3-13-35-25(16-33-26(22)35)20-8-7-18(2)32-15-20;1-16-8-10-19(11-9-16)32-27(34)22-13-18(14-30-17(22)2)20-6-4-12-33-24(15-31-26(20)33)21-5-3-7-23(28)25(21)29/h2-13,16H,14-15,17H2,1H3,(H,38,41);2*3-16H,1-2H3,(H,34,36);3-15H,1-2H3,(H,32,34). The number of imidazole rings is 4. The molecule has 0 aliphatic rings. The Balaban J connectivity index is 0.000000136. The van der Waals surface area contributed by atoms with E-state index in [-0.39, 0.29) is 65.1 Å². The highest BCUT2D eigenvalue weighted by Gasteiger charge is 2.39. The summed E-state index contributed by atoms with van der Waals surface area (Å²) in [7, 11) is 1.49. The predicted octanol–water partition coefficient (Wildman–Crippen LogP) is 27.6. The summed E-state index contributed by atoms with van der Waals surface area (Å²) in [6, 6.07) is 68.9. The van der Waals surface area contributed by atoms with Crippen LogP contribution in [0, 0.1) is 70.6 Å². The molecule has 11 heterocycles.